The van der Waals surface area contributed by atoms with Gasteiger partial charge < -0.3 is 4.42 Å². The van der Waals surface area contributed by atoms with Crippen molar-refractivity contribution in [2.24, 2.45) is 0 Å². The van der Waals surface area contributed by atoms with Crippen LogP contribution in [0.3, 0.4) is 0 Å². The Morgan fingerprint density at radius 3 is 2.19 bits per heavy atom. The minimum Gasteiger partial charge on any atom is -0.403 e. The SMILES string of the molecule is O=C(CN1C(=O)c2ccccc2C1=O)Nc1nnc(-c2ccccc2)o1. The van der Waals surface area contributed by atoms with Gasteiger partial charge >= 0.3 is 6.01 Å². The van der Waals surface area contributed by atoms with Crippen molar-refractivity contribution in [2.45, 2.75) is 0 Å². The Morgan fingerprint density at radius 2 is 1.54 bits per heavy atom. The number of anilines is 1. The number of carbonyl (C=O) groups excluding carboxylic acids is 3. The minimum absolute atomic E-state index is 0.106. The van der Waals surface area contributed by atoms with E-state index in [0.29, 0.717) is 5.56 Å². The summed E-state index contributed by atoms with van der Waals surface area (Å²) in [6.45, 7) is -0.435. The molecular weight excluding hydrogens is 336 g/mol. The largest absolute Gasteiger partial charge is 0.403 e. The fourth-order valence-electron chi connectivity index (χ4n) is 2.66. The molecule has 0 unspecified atom stereocenters. The minimum atomic E-state index is -0.609. The van der Waals surface area contributed by atoms with Crippen LogP contribution in [0.4, 0.5) is 6.01 Å². The molecule has 0 bridgehead atoms. The van der Waals surface area contributed by atoms with Crippen molar-refractivity contribution in [2.75, 3.05) is 11.9 Å². The van der Waals surface area contributed by atoms with Crippen LogP contribution in [0.2, 0.25) is 0 Å². The summed E-state index contributed by atoms with van der Waals surface area (Å²) in [6.07, 6.45) is 0. The van der Waals surface area contributed by atoms with Gasteiger partial charge in [-0.05, 0) is 24.3 Å². The highest BCUT2D eigenvalue weighted by molar-refractivity contribution is 6.22. The van der Waals surface area contributed by atoms with Crippen LogP contribution >= 0.6 is 0 Å². The van der Waals surface area contributed by atoms with Crippen molar-refractivity contribution in [3.05, 3.63) is 65.7 Å². The molecule has 3 aromatic rings. The quantitative estimate of drug-likeness (QED) is 0.723. The van der Waals surface area contributed by atoms with Gasteiger partial charge in [-0.15, -0.1) is 5.10 Å². The maximum Gasteiger partial charge on any atom is 0.322 e. The van der Waals surface area contributed by atoms with Gasteiger partial charge in [-0.1, -0.05) is 35.4 Å². The second-order valence-corrected chi connectivity index (χ2v) is 5.57. The summed E-state index contributed by atoms with van der Waals surface area (Å²) in [4.78, 5) is 37.6. The number of amides is 3. The predicted molar refractivity (Wildman–Crippen MR) is 90.2 cm³/mol. The van der Waals surface area contributed by atoms with Crippen LogP contribution in [0, 0.1) is 0 Å². The molecule has 0 atom stereocenters. The molecule has 0 spiro atoms. The summed E-state index contributed by atoms with van der Waals surface area (Å²) in [5.41, 5.74) is 1.28. The van der Waals surface area contributed by atoms with Crippen LogP contribution in [0.1, 0.15) is 20.7 Å². The van der Waals surface area contributed by atoms with Gasteiger partial charge in [0.25, 0.3) is 11.8 Å². The standard InChI is InChI=1S/C18H12N4O4/c23-14(10-22-16(24)12-8-4-5-9-13(12)17(22)25)19-18-21-20-15(26-18)11-6-2-1-3-7-11/h1-9H,10H2,(H,19,21,23). The molecule has 0 radical (unpaired) electrons. The zero-order valence-electron chi connectivity index (χ0n) is 13.4. The lowest BCUT2D eigenvalue weighted by Gasteiger charge is -2.12. The lowest BCUT2D eigenvalue weighted by molar-refractivity contribution is -0.116. The Kier molecular flexibility index (Phi) is 3.77. The molecule has 1 aliphatic heterocycles. The average molecular weight is 348 g/mol. The Bertz CT molecular complexity index is 978. The van der Waals surface area contributed by atoms with Crippen LogP contribution in [0.25, 0.3) is 11.5 Å². The predicted octanol–water partition coefficient (Wildman–Crippen LogP) is 1.97. The molecule has 0 saturated heterocycles. The van der Waals surface area contributed by atoms with Crippen LogP contribution in [-0.4, -0.2) is 39.4 Å². The molecule has 1 aliphatic rings. The van der Waals surface area contributed by atoms with E-state index >= 15 is 0 Å². The van der Waals surface area contributed by atoms with E-state index in [1.807, 2.05) is 18.2 Å². The lowest BCUT2D eigenvalue weighted by atomic mass is 10.1. The van der Waals surface area contributed by atoms with Crippen molar-refractivity contribution >= 4 is 23.7 Å². The number of hydrogen-bond acceptors (Lipinski definition) is 6. The van der Waals surface area contributed by atoms with E-state index in [2.05, 4.69) is 15.5 Å². The van der Waals surface area contributed by atoms with Gasteiger partial charge in [0.2, 0.25) is 11.8 Å². The third kappa shape index (κ3) is 2.73. The maximum atomic E-state index is 12.3. The smallest absolute Gasteiger partial charge is 0.322 e. The van der Waals surface area contributed by atoms with Crippen molar-refractivity contribution in [3.8, 4) is 11.5 Å². The van der Waals surface area contributed by atoms with Gasteiger partial charge in [0.15, 0.2) is 0 Å². The Labute approximate surface area is 147 Å². The normalized spacial score (nSPS) is 13.0. The Morgan fingerprint density at radius 1 is 0.923 bits per heavy atom. The van der Waals surface area contributed by atoms with E-state index in [0.717, 1.165) is 4.90 Å². The summed E-state index contributed by atoms with van der Waals surface area (Å²) in [5, 5.41) is 10.0. The number of nitrogens with one attached hydrogen (secondary N) is 1. The number of nitrogens with zero attached hydrogens (tertiary/aromatic N) is 3. The van der Waals surface area contributed by atoms with Crippen molar-refractivity contribution in [1.29, 1.82) is 0 Å². The topological polar surface area (TPSA) is 105 Å². The first-order valence-corrected chi connectivity index (χ1v) is 7.77. The first kappa shape index (κ1) is 15.7. The van der Waals surface area contributed by atoms with Crippen LogP contribution in [0.5, 0.6) is 0 Å². The van der Waals surface area contributed by atoms with E-state index in [4.69, 9.17) is 4.42 Å². The molecule has 0 saturated carbocycles. The summed E-state index contributed by atoms with van der Waals surface area (Å²) in [6, 6.07) is 15.4. The summed E-state index contributed by atoms with van der Waals surface area (Å²) in [7, 11) is 0. The van der Waals surface area contributed by atoms with Gasteiger partial charge in [0.1, 0.15) is 6.54 Å². The number of rotatable bonds is 4. The number of carbonyl (C=O) groups is 3. The molecule has 2 aromatic carbocycles. The molecule has 8 nitrogen and oxygen atoms in total. The highest BCUT2D eigenvalue weighted by Crippen LogP contribution is 2.22. The van der Waals surface area contributed by atoms with Gasteiger partial charge in [-0.25, -0.2) is 0 Å². The van der Waals surface area contributed by atoms with Crippen LogP contribution in [-0.2, 0) is 4.79 Å². The Hall–Kier alpha value is -3.81. The molecule has 0 fully saturated rings. The van der Waals surface area contributed by atoms with Crippen molar-refractivity contribution < 1.29 is 18.8 Å². The first-order valence-electron chi connectivity index (χ1n) is 7.77. The average Bonchev–Trinajstić information content (AvgIpc) is 3.22. The van der Waals surface area contributed by atoms with E-state index in [1.54, 1.807) is 36.4 Å². The number of imide groups is 1. The zero-order chi connectivity index (χ0) is 18.1. The molecule has 1 aromatic heterocycles. The second kappa shape index (κ2) is 6.25. The van der Waals surface area contributed by atoms with Crippen LogP contribution in [0.15, 0.2) is 59.0 Å². The third-order valence-corrected chi connectivity index (χ3v) is 3.87. The summed E-state index contributed by atoms with van der Waals surface area (Å²) < 4.78 is 5.38. The molecule has 8 heteroatoms. The summed E-state index contributed by atoms with van der Waals surface area (Å²) >= 11 is 0. The van der Waals surface area contributed by atoms with Crippen molar-refractivity contribution in [3.63, 3.8) is 0 Å². The van der Waals surface area contributed by atoms with E-state index < -0.39 is 24.3 Å². The fourth-order valence-corrected chi connectivity index (χ4v) is 2.66. The molecule has 2 heterocycles. The molecule has 1 N–H and O–H groups in total. The highest BCUT2D eigenvalue weighted by Gasteiger charge is 2.36. The van der Waals surface area contributed by atoms with Crippen molar-refractivity contribution in [1.82, 2.24) is 15.1 Å². The van der Waals surface area contributed by atoms with Crippen LogP contribution < -0.4 is 5.32 Å². The van der Waals surface area contributed by atoms with Gasteiger partial charge in [0.05, 0.1) is 11.1 Å². The first-order chi connectivity index (χ1) is 12.6. The van der Waals surface area contributed by atoms with Gasteiger partial charge in [-0.3, -0.25) is 24.6 Å². The fraction of sp³-hybridized carbons (Fsp3) is 0.0556. The molecule has 3 amide bonds. The molecule has 128 valence electrons. The maximum absolute atomic E-state index is 12.3. The van der Waals surface area contributed by atoms with Gasteiger partial charge in [0, 0.05) is 5.56 Å². The van der Waals surface area contributed by atoms with E-state index in [-0.39, 0.29) is 23.0 Å². The Balaban J connectivity index is 1.45. The summed E-state index contributed by atoms with van der Waals surface area (Å²) in [5.74, 6) is -1.36. The number of fused-ring (bicyclic) bond motifs is 1. The number of benzene rings is 2. The van der Waals surface area contributed by atoms with E-state index in [9.17, 15) is 14.4 Å². The highest BCUT2D eigenvalue weighted by atomic mass is 16.4. The lowest BCUT2D eigenvalue weighted by Crippen LogP contribution is -2.37. The van der Waals surface area contributed by atoms with Gasteiger partial charge in [-0.2, -0.15) is 0 Å². The molecule has 26 heavy (non-hydrogen) atoms. The molecule has 0 aliphatic carbocycles. The monoisotopic (exact) mass is 348 g/mol. The molecule has 4 rings (SSSR count). The number of aromatic nitrogens is 2. The third-order valence-electron chi connectivity index (χ3n) is 3.87. The zero-order valence-corrected chi connectivity index (χ0v) is 13.4. The number of hydrogen-bond donors (Lipinski definition) is 1. The molecular formula is C18H12N4O4. The van der Waals surface area contributed by atoms with E-state index in [1.165, 1.54) is 0 Å². The second-order valence-electron chi connectivity index (χ2n) is 5.57.